The maximum absolute atomic E-state index is 13.1. The highest BCUT2D eigenvalue weighted by molar-refractivity contribution is 7.91. The van der Waals surface area contributed by atoms with E-state index in [1.165, 1.54) is 6.42 Å². The summed E-state index contributed by atoms with van der Waals surface area (Å²) in [4.78, 5) is 13.5. The number of amides is 1. The molecule has 4 rings (SSSR count). The van der Waals surface area contributed by atoms with Gasteiger partial charge in [-0.2, -0.15) is 0 Å². The largest absolute Gasteiger partial charge is 0.349 e. The Balaban J connectivity index is 0.00000182. The first-order valence-corrected chi connectivity index (χ1v) is 10.5. The van der Waals surface area contributed by atoms with Crippen molar-refractivity contribution in [3.05, 3.63) is 29.8 Å². The van der Waals surface area contributed by atoms with E-state index in [2.05, 4.69) is 10.6 Å². The van der Waals surface area contributed by atoms with E-state index in [4.69, 9.17) is 0 Å². The molecule has 5 nitrogen and oxygen atoms in total. The van der Waals surface area contributed by atoms with Crippen molar-refractivity contribution < 1.29 is 13.2 Å². The summed E-state index contributed by atoms with van der Waals surface area (Å²) in [6.07, 6.45) is 4.80. The van der Waals surface area contributed by atoms with E-state index in [0.717, 1.165) is 37.9 Å². The van der Waals surface area contributed by atoms with Crippen LogP contribution >= 0.6 is 12.4 Å². The number of halogens is 1. The van der Waals surface area contributed by atoms with Gasteiger partial charge in [0.1, 0.15) is 0 Å². The fourth-order valence-electron chi connectivity index (χ4n) is 4.73. The molecule has 1 aliphatic carbocycles. The van der Waals surface area contributed by atoms with Gasteiger partial charge in [0.2, 0.25) is 5.91 Å². The van der Waals surface area contributed by atoms with Crippen molar-refractivity contribution in [2.24, 2.45) is 11.3 Å². The zero-order chi connectivity index (χ0) is 16.8. The van der Waals surface area contributed by atoms with Crippen molar-refractivity contribution >= 4 is 28.2 Å². The Hall–Kier alpha value is -1.11. The predicted octanol–water partition coefficient (Wildman–Crippen LogP) is 2.22. The molecule has 1 saturated heterocycles. The molecule has 138 valence electrons. The van der Waals surface area contributed by atoms with E-state index >= 15 is 0 Å². The van der Waals surface area contributed by atoms with Crippen molar-refractivity contribution in [3.63, 3.8) is 0 Å². The molecule has 1 saturated carbocycles. The van der Waals surface area contributed by atoms with Crippen molar-refractivity contribution in [2.45, 2.75) is 43.0 Å². The number of carbonyl (C=O) groups excluding carboxylic acids is 1. The van der Waals surface area contributed by atoms with Gasteiger partial charge in [-0.3, -0.25) is 4.79 Å². The summed E-state index contributed by atoms with van der Waals surface area (Å²) in [5.41, 5.74) is 0.440. The molecule has 2 aliphatic heterocycles. The van der Waals surface area contributed by atoms with E-state index < -0.39 is 9.84 Å². The molecule has 0 aromatic heterocycles. The molecule has 0 radical (unpaired) electrons. The second-order valence-electron chi connectivity index (χ2n) is 7.40. The van der Waals surface area contributed by atoms with Crippen LogP contribution in [0.15, 0.2) is 29.2 Å². The molecule has 3 aliphatic rings. The number of rotatable bonds is 2. The Morgan fingerprint density at radius 2 is 2.00 bits per heavy atom. The number of nitrogens with one attached hydrogen (secondary N) is 2. The Morgan fingerprint density at radius 1 is 1.20 bits per heavy atom. The molecule has 0 bridgehead atoms. The Bertz CT molecular complexity index is 767. The smallest absolute Gasteiger partial charge is 0.228 e. The number of sulfone groups is 1. The lowest BCUT2D eigenvalue weighted by Gasteiger charge is -2.39. The molecule has 25 heavy (non-hydrogen) atoms. The molecule has 7 heteroatoms. The van der Waals surface area contributed by atoms with Gasteiger partial charge in [0.25, 0.3) is 0 Å². The maximum Gasteiger partial charge on any atom is 0.228 e. The minimum atomic E-state index is -3.22. The average Bonchev–Trinajstić information content (AvgIpc) is 3.03. The maximum atomic E-state index is 13.1. The standard InChI is InChI=1S/C18H24N2O3S.ClH/c21-17(18-9-4-3-5-13(18)11-19-12-18)20-15-8-10-24(22,23)16-7-2-1-6-14(15)16;/h1-2,6-7,13,15,19H,3-5,8-12H2,(H,20,21);1H/t13-,15?,18+;/m0./s1. The number of hydrogen-bond donors (Lipinski definition) is 2. The topological polar surface area (TPSA) is 75.3 Å². The normalized spacial score (nSPS) is 32.8. The highest BCUT2D eigenvalue weighted by Gasteiger charge is 2.50. The zero-order valence-corrected chi connectivity index (χ0v) is 15.8. The zero-order valence-electron chi connectivity index (χ0n) is 14.2. The first-order valence-electron chi connectivity index (χ1n) is 8.86. The van der Waals surface area contributed by atoms with Crippen LogP contribution in [0.4, 0.5) is 0 Å². The van der Waals surface area contributed by atoms with E-state index in [0.29, 0.717) is 17.2 Å². The molecule has 2 N–H and O–H groups in total. The van der Waals surface area contributed by atoms with E-state index in [9.17, 15) is 13.2 Å². The third-order valence-corrected chi connectivity index (χ3v) is 7.92. The third-order valence-electron chi connectivity index (χ3n) is 6.10. The van der Waals surface area contributed by atoms with Gasteiger partial charge in [-0.25, -0.2) is 8.42 Å². The Labute approximate surface area is 155 Å². The van der Waals surface area contributed by atoms with Gasteiger partial charge in [0.05, 0.1) is 22.1 Å². The first kappa shape index (κ1) is 18.7. The van der Waals surface area contributed by atoms with Crippen LogP contribution < -0.4 is 10.6 Å². The van der Waals surface area contributed by atoms with Crippen LogP contribution in [0.1, 0.15) is 43.7 Å². The van der Waals surface area contributed by atoms with Crippen LogP contribution in [-0.2, 0) is 14.6 Å². The highest BCUT2D eigenvalue weighted by Crippen LogP contribution is 2.44. The van der Waals surface area contributed by atoms with E-state index in [1.807, 2.05) is 12.1 Å². The van der Waals surface area contributed by atoms with Gasteiger partial charge in [-0.1, -0.05) is 31.0 Å². The second kappa shape index (κ2) is 6.89. The lowest BCUT2D eigenvalue weighted by atomic mass is 9.67. The molecular weight excluding hydrogens is 360 g/mol. The van der Waals surface area contributed by atoms with Crippen LogP contribution in [0.5, 0.6) is 0 Å². The molecule has 2 heterocycles. The van der Waals surface area contributed by atoms with Gasteiger partial charge in [-0.05, 0) is 43.4 Å². The van der Waals surface area contributed by atoms with Crippen molar-refractivity contribution in [1.29, 1.82) is 0 Å². The summed E-state index contributed by atoms with van der Waals surface area (Å²) in [6.45, 7) is 1.67. The van der Waals surface area contributed by atoms with Crippen LogP contribution in [0.3, 0.4) is 0 Å². The average molecular weight is 385 g/mol. The summed E-state index contributed by atoms with van der Waals surface area (Å²) in [5, 5.41) is 6.60. The molecule has 0 spiro atoms. The number of hydrogen-bond acceptors (Lipinski definition) is 4. The summed E-state index contributed by atoms with van der Waals surface area (Å²) >= 11 is 0. The molecule has 1 aromatic carbocycles. The van der Waals surface area contributed by atoms with Gasteiger partial charge < -0.3 is 10.6 Å². The van der Waals surface area contributed by atoms with Gasteiger partial charge in [0, 0.05) is 6.54 Å². The van der Waals surface area contributed by atoms with Crippen molar-refractivity contribution in [2.75, 3.05) is 18.8 Å². The Kier molecular flexibility index (Phi) is 5.15. The molecule has 3 atom stereocenters. The number of carbonyl (C=O) groups is 1. The van der Waals surface area contributed by atoms with Crippen LogP contribution in [0.25, 0.3) is 0 Å². The van der Waals surface area contributed by atoms with Crippen LogP contribution in [0.2, 0.25) is 0 Å². The quantitative estimate of drug-likeness (QED) is 0.819. The van der Waals surface area contributed by atoms with Crippen LogP contribution in [0, 0.1) is 11.3 Å². The van der Waals surface area contributed by atoms with E-state index in [1.54, 1.807) is 12.1 Å². The van der Waals surface area contributed by atoms with Crippen LogP contribution in [-0.4, -0.2) is 33.2 Å². The predicted molar refractivity (Wildman–Crippen MR) is 98.5 cm³/mol. The summed E-state index contributed by atoms with van der Waals surface area (Å²) in [5.74, 6) is 0.619. The number of fused-ring (bicyclic) bond motifs is 2. The lowest BCUT2D eigenvalue weighted by Crippen LogP contribution is -2.49. The SMILES string of the molecule is Cl.O=C(NC1CCS(=O)(=O)c2ccccc21)[C@@]12CCCC[C@H]1CNC2. The van der Waals surface area contributed by atoms with Gasteiger partial charge in [0.15, 0.2) is 9.84 Å². The second-order valence-corrected chi connectivity index (χ2v) is 9.48. The van der Waals surface area contributed by atoms with Crippen molar-refractivity contribution in [3.8, 4) is 0 Å². The molecule has 1 unspecified atom stereocenters. The minimum Gasteiger partial charge on any atom is -0.349 e. The van der Waals surface area contributed by atoms with Gasteiger partial charge in [-0.15, -0.1) is 12.4 Å². The fourth-order valence-corrected chi connectivity index (χ4v) is 6.35. The first-order chi connectivity index (χ1) is 11.5. The molecular formula is C18H25ClN2O3S. The molecule has 2 fully saturated rings. The monoisotopic (exact) mass is 384 g/mol. The highest BCUT2D eigenvalue weighted by atomic mass is 35.5. The summed E-state index contributed by atoms with van der Waals surface area (Å²) in [7, 11) is -3.22. The summed E-state index contributed by atoms with van der Waals surface area (Å²) in [6, 6.07) is 6.88. The minimum absolute atomic E-state index is 0. The third kappa shape index (κ3) is 3.09. The molecule has 1 aromatic rings. The summed E-state index contributed by atoms with van der Waals surface area (Å²) < 4.78 is 24.5. The number of benzene rings is 1. The van der Waals surface area contributed by atoms with E-state index in [-0.39, 0.29) is 35.5 Å². The van der Waals surface area contributed by atoms with Crippen molar-refractivity contribution in [1.82, 2.24) is 10.6 Å². The molecule has 1 amide bonds. The fraction of sp³-hybridized carbons (Fsp3) is 0.611. The Morgan fingerprint density at radius 3 is 2.84 bits per heavy atom. The lowest BCUT2D eigenvalue weighted by molar-refractivity contribution is -0.134. The van der Waals surface area contributed by atoms with Gasteiger partial charge >= 0.3 is 0 Å².